The summed E-state index contributed by atoms with van der Waals surface area (Å²) in [5.41, 5.74) is 0.450. The molecule has 2 N–H and O–H groups in total. The second-order valence-electron chi connectivity index (χ2n) is 5.31. The van der Waals surface area contributed by atoms with E-state index in [0.29, 0.717) is 12.1 Å². The highest BCUT2D eigenvalue weighted by Crippen LogP contribution is 2.14. The van der Waals surface area contributed by atoms with Crippen LogP contribution in [0.1, 0.15) is 13.8 Å². The third-order valence-electron chi connectivity index (χ3n) is 2.74. The Morgan fingerprint density at radius 3 is 2.83 bits per heavy atom. The van der Waals surface area contributed by atoms with E-state index >= 15 is 0 Å². The van der Waals surface area contributed by atoms with E-state index in [2.05, 4.69) is 26.0 Å². The predicted molar refractivity (Wildman–Crippen MR) is 79.6 cm³/mol. The number of carbonyl (C=O) groups excluding carboxylic acids is 2. The molecule has 1 heterocycles. The van der Waals surface area contributed by atoms with Crippen LogP contribution in [0.3, 0.4) is 0 Å². The van der Waals surface area contributed by atoms with Crippen molar-refractivity contribution in [1.29, 1.82) is 0 Å². The molecule has 9 heteroatoms. The molecule has 1 aromatic heterocycles. The van der Waals surface area contributed by atoms with Crippen LogP contribution in [0, 0.1) is 11.7 Å². The molecule has 3 amide bonds. The number of hydrogen-bond acceptors (Lipinski definition) is 5. The molecule has 0 radical (unpaired) electrons. The molecule has 0 aliphatic rings. The van der Waals surface area contributed by atoms with E-state index in [4.69, 9.17) is 0 Å². The van der Waals surface area contributed by atoms with Gasteiger partial charge in [-0.15, -0.1) is 10.2 Å². The number of carbonyl (C=O) groups is 2. The Kier molecular flexibility index (Phi) is 5.34. The second kappa shape index (κ2) is 7.43. The maximum absolute atomic E-state index is 13.2. The molecular formula is C14H17FN6O2. The summed E-state index contributed by atoms with van der Waals surface area (Å²) >= 11 is 0. The second-order valence-corrected chi connectivity index (χ2v) is 5.31. The number of benzene rings is 1. The molecule has 122 valence electrons. The average Bonchev–Trinajstić information content (AvgIpc) is 2.93. The molecule has 23 heavy (non-hydrogen) atoms. The van der Waals surface area contributed by atoms with E-state index in [-0.39, 0.29) is 18.3 Å². The van der Waals surface area contributed by atoms with Gasteiger partial charge in [-0.3, -0.25) is 10.1 Å². The minimum Gasteiger partial charge on any atom is -0.338 e. The predicted octanol–water partition coefficient (Wildman–Crippen LogP) is 0.961. The van der Waals surface area contributed by atoms with Crippen LogP contribution in [0.25, 0.3) is 11.4 Å². The van der Waals surface area contributed by atoms with Crippen LogP contribution in [-0.2, 0) is 11.3 Å². The Morgan fingerprint density at radius 2 is 2.13 bits per heavy atom. The van der Waals surface area contributed by atoms with Crippen molar-refractivity contribution in [2.45, 2.75) is 20.4 Å². The van der Waals surface area contributed by atoms with Crippen molar-refractivity contribution in [2.75, 3.05) is 6.54 Å². The number of aromatic nitrogens is 4. The van der Waals surface area contributed by atoms with Crippen LogP contribution < -0.4 is 10.6 Å². The highest BCUT2D eigenvalue weighted by Gasteiger charge is 2.12. The Bertz CT molecular complexity index is 700. The summed E-state index contributed by atoms with van der Waals surface area (Å²) in [4.78, 5) is 24.2. The first-order valence-corrected chi connectivity index (χ1v) is 7.05. The van der Waals surface area contributed by atoms with Gasteiger partial charge < -0.3 is 5.32 Å². The van der Waals surface area contributed by atoms with Crippen molar-refractivity contribution < 1.29 is 14.0 Å². The molecule has 2 rings (SSSR count). The van der Waals surface area contributed by atoms with Crippen molar-refractivity contribution in [3.63, 3.8) is 0 Å². The minimum absolute atomic E-state index is 0.196. The maximum atomic E-state index is 13.2. The number of urea groups is 1. The first-order chi connectivity index (χ1) is 10.9. The molecular weight excluding hydrogens is 303 g/mol. The smallest absolute Gasteiger partial charge is 0.321 e. The maximum Gasteiger partial charge on any atom is 0.321 e. The molecule has 0 bridgehead atoms. The minimum atomic E-state index is -0.575. The van der Waals surface area contributed by atoms with Gasteiger partial charge in [-0.05, 0) is 23.3 Å². The zero-order chi connectivity index (χ0) is 16.8. The SMILES string of the molecule is CC(C)CNC(=O)NC(=O)Cn1nnc(-c2cccc(F)c2)n1. The van der Waals surface area contributed by atoms with Crippen molar-refractivity contribution >= 4 is 11.9 Å². The van der Waals surface area contributed by atoms with Gasteiger partial charge in [0.2, 0.25) is 5.82 Å². The number of amides is 3. The van der Waals surface area contributed by atoms with Crippen LogP contribution in [0.15, 0.2) is 24.3 Å². The lowest BCUT2D eigenvalue weighted by molar-refractivity contribution is -0.121. The van der Waals surface area contributed by atoms with Crippen LogP contribution in [0.4, 0.5) is 9.18 Å². The lowest BCUT2D eigenvalue weighted by Gasteiger charge is -2.07. The van der Waals surface area contributed by atoms with Gasteiger partial charge in [0.1, 0.15) is 12.4 Å². The molecule has 0 atom stereocenters. The van der Waals surface area contributed by atoms with Gasteiger partial charge in [0, 0.05) is 12.1 Å². The van der Waals surface area contributed by atoms with Crippen molar-refractivity contribution in [3.05, 3.63) is 30.1 Å². The Morgan fingerprint density at radius 1 is 1.35 bits per heavy atom. The Hall–Kier alpha value is -2.84. The van der Waals surface area contributed by atoms with Crippen LogP contribution in [0.2, 0.25) is 0 Å². The zero-order valence-corrected chi connectivity index (χ0v) is 12.8. The van der Waals surface area contributed by atoms with Crippen molar-refractivity contribution in [1.82, 2.24) is 30.8 Å². The zero-order valence-electron chi connectivity index (χ0n) is 12.8. The summed E-state index contributed by atoms with van der Waals surface area (Å²) in [6.07, 6.45) is 0. The number of rotatable bonds is 5. The number of halogens is 1. The van der Waals surface area contributed by atoms with E-state index < -0.39 is 17.8 Å². The highest BCUT2D eigenvalue weighted by molar-refractivity contribution is 5.94. The van der Waals surface area contributed by atoms with Gasteiger partial charge >= 0.3 is 6.03 Å². The lowest BCUT2D eigenvalue weighted by atomic mass is 10.2. The van der Waals surface area contributed by atoms with Gasteiger partial charge in [0.15, 0.2) is 0 Å². The van der Waals surface area contributed by atoms with Gasteiger partial charge in [0.25, 0.3) is 5.91 Å². The molecule has 0 unspecified atom stereocenters. The molecule has 1 aromatic carbocycles. The first kappa shape index (κ1) is 16.5. The monoisotopic (exact) mass is 320 g/mol. The molecule has 0 saturated heterocycles. The van der Waals surface area contributed by atoms with Gasteiger partial charge in [-0.25, -0.2) is 9.18 Å². The number of nitrogens with zero attached hydrogens (tertiary/aromatic N) is 4. The number of hydrogen-bond donors (Lipinski definition) is 2. The molecule has 0 aliphatic heterocycles. The summed E-state index contributed by atoms with van der Waals surface area (Å²) in [5, 5.41) is 16.2. The molecule has 8 nitrogen and oxygen atoms in total. The number of imide groups is 1. The Balaban J connectivity index is 1.91. The first-order valence-electron chi connectivity index (χ1n) is 7.05. The fourth-order valence-electron chi connectivity index (χ4n) is 1.69. The summed E-state index contributed by atoms with van der Waals surface area (Å²) in [6.45, 7) is 4.08. The summed E-state index contributed by atoms with van der Waals surface area (Å²) in [7, 11) is 0. The van der Waals surface area contributed by atoms with Crippen molar-refractivity contribution in [2.24, 2.45) is 5.92 Å². The fraction of sp³-hybridized carbons (Fsp3) is 0.357. The number of tetrazole rings is 1. The molecule has 2 aromatic rings. The van der Waals surface area contributed by atoms with Gasteiger partial charge in [-0.2, -0.15) is 4.80 Å². The largest absolute Gasteiger partial charge is 0.338 e. The van der Waals surface area contributed by atoms with Gasteiger partial charge in [0.05, 0.1) is 0 Å². The fourth-order valence-corrected chi connectivity index (χ4v) is 1.69. The molecule has 0 saturated carbocycles. The average molecular weight is 320 g/mol. The van der Waals surface area contributed by atoms with Crippen molar-refractivity contribution in [3.8, 4) is 11.4 Å². The van der Waals surface area contributed by atoms with E-state index in [1.54, 1.807) is 6.07 Å². The molecule has 0 spiro atoms. The third kappa shape index (κ3) is 5.13. The van der Waals surface area contributed by atoms with E-state index in [9.17, 15) is 14.0 Å². The molecule has 0 fully saturated rings. The van der Waals surface area contributed by atoms with Crippen LogP contribution in [-0.4, -0.2) is 38.7 Å². The number of nitrogens with one attached hydrogen (secondary N) is 2. The molecule has 0 aliphatic carbocycles. The standard InChI is InChI=1S/C14H17FN6O2/c1-9(2)7-16-14(23)17-12(22)8-21-19-13(18-20-21)10-4-3-5-11(15)6-10/h3-6,9H,7-8H2,1-2H3,(H2,16,17,22,23). The van der Waals surface area contributed by atoms with Crippen LogP contribution in [0.5, 0.6) is 0 Å². The summed E-state index contributed by atoms with van der Waals surface area (Å²) < 4.78 is 13.2. The summed E-state index contributed by atoms with van der Waals surface area (Å²) in [5.74, 6) is -0.518. The van der Waals surface area contributed by atoms with E-state index in [0.717, 1.165) is 4.80 Å². The summed E-state index contributed by atoms with van der Waals surface area (Å²) in [6, 6.07) is 5.15. The van der Waals surface area contributed by atoms with E-state index in [1.165, 1.54) is 18.2 Å². The van der Waals surface area contributed by atoms with Gasteiger partial charge in [-0.1, -0.05) is 26.0 Å². The third-order valence-corrected chi connectivity index (χ3v) is 2.74. The quantitative estimate of drug-likeness (QED) is 0.854. The van der Waals surface area contributed by atoms with E-state index in [1.807, 2.05) is 13.8 Å². The Labute approximate surface area is 132 Å². The normalized spacial score (nSPS) is 10.6. The topological polar surface area (TPSA) is 102 Å². The highest BCUT2D eigenvalue weighted by atomic mass is 19.1. The lowest BCUT2D eigenvalue weighted by Crippen LogP contribution is -2.42. The van der Waals surface area contributed by atoms with Crippen LogP contribution >= 0.6 is 0 Å².